The van der Waals surface area contributed by atoms with E-state index in [1.54, 1.807) is 0 Å². The molecule has 0 aliphatic carbocycles. The smallest absolute Gasteiger partial charge is 0.308 e. The van der Waals surface area contributed by atoms with E-state index in [0.29, 0.717) is 6.54 Å². The molecule has 6 heteroatoms. The van der Waals surface area contributed by atoms with Crippen LogP contribution in [0.25, 0.3) is 0 Å². The molecule has 0 fully saturated rings. The fraction of sp³-hybridized carbons (Fsp3) is 0.444. The highest BCUT2D eigenvalue weighted by Crippen LogP contribution is 2.26. The van der Waals surface area contributed by atoms with Gasteiger partial charge in [0.1, 0.15) is 0 Å². The molecular formula is C9H12BrNO3S. The average Bonchev–Trinajstić information content (AvgIpc) is 2.61. The Morgan fingerprint density at radius 1 is 1.73 bits per heavy atom. The van der Waals surface area contributed by atoms with Gasteiger partial charge < -0.3 is 15.2 Å². The van der Waals surface area contributed by atoms with Crippen molar-refractivity contribution >= 4 is 38.2 Å². The number of thiophene rings is 1. The molecule has 1 atom stereocenters. The molecule has 0 spiro atoms. The van der Waals surface area contributed by atoms with E-state index in [2.05, 4.69) is 26.0 Å². The van der Waals surface area contributed by atoms with E-state index in [9.17, 15) is 9.90 Å². The van der Waals surface area contributed by atoms with Crippen LogP contribution in [0.3, 0.4) is 0 Å². The van der Waals surface area contributed by atoms with Crippen LogP contribution >= 0.6 is 27.3 Å². The van der Waals surface area contributed by atoms with Crippen LogP contribution in [-0.4, -0.2) is 30.8 Å². The van der Waals surface area contributed by atoms with E-state index in [4.69, 9.17) is 0 Å². The highest BCUT2D eigenvalue weighted by Gasteiger charge is 2.10. The first-order valence-electron chi connectivity index (χ1n) is 4.36. The van der Waals surface area contributed by atoms with Gasteiger partial charge in [0.15, 0.2) is 0 Å². The van der Waals surface area contributed by atoms with E-state index in [1.165, 1.54) is 18.4 Å². The second kappa shape index (κ2) is 6.09. The van der Waals surface area contributed by atoms with Crippen LogP contribution in [0.5, 0.6) is 0 Å². The monoisotopic (exact) mass is 293 g/mol. The fourth-order valence-corrected chi connectivity index (χ4v) is 2.27. The molecule has 4 nitrogen and oxygen atoms in total. The molecule has 15 heavy (non-hydrogen) atoms. The number of rotatable bonds is 5. The summed E-state index contributed by atoms with van der Waals surface area (Å²) in [4.78, 5) is 10.8. The van der Waals surface area contributed by atoms with Crippen molar-refractivity contribution in [2.45, 2.75) is 12.5 Å². The Morgan fingerprint density at radius 2 is 2.47 bits per heavy atom. The first kappa shape index (κ1) is 12.5. The van der Waals surface area contributed by atoms with Gasteiger partial charge >= 0.3 is 5.97 Å². The molecule has 1 rings (SSSR count). The number of halogens is 1. The van der Waals surface area contributed by atoms with Crippen LogP contribution in [0.2, 0.25) is 0 Å². The zero-order chi connectivity index (χ0) is 11.3. The zero-order valence-electron chi connectivity index (χ0n) is 8.20. The minimum Gasteiger partial charge on any atom is -0.469 e. The predicted octanol–water partition coefficient (Wildman–Crippen LogP) is 1.85. The van der Waals surface area contributed by atoms with E-state index in [1.807, 2.05) is 12.1 Å². The van der Waals surface area contributed by atoms with Gasteiger partial charge in [0.05, 0.1) is 28.4 Å². The number of carbonyl (C=O) groups is 1. The molecule has 84 valence electrons. The number of nitrogens with one attached hydrogen (secondary N) is 1. The van der Waals surface area contributed by atoms with Crippen LogP contribution < -0.4 is 5.32 Å². The Labute approximate surface area is 100 Å². The molecule has 1 aromatic rings. The van der Waals surface area contributed by atoms with Gasteiger partial charge in [0, 0.05) is 6.54 Å². The molecule has 0 saturated carbocycles. The fourth-order valence-electron chi connectivity index (χ4n) is 0.976. The van der Waals surface area contributed by atoms with Crippen molar-refractivity contribution in [2.24, 2.45) is 0 Å². The van der Waals surface area contributed by atoms with Gasteiger partial charge in [-0.2, -0.15) is 0 Å². The summed E-state index contributed by atoms with van der Waals surface area (Å²) >= 11 is 4.87. The Kier molecular flexibility index (Phi) is 5.07. The van der Waals surface area contributed by atoms with E-state index in [0.717, 1.165) is 8.79 Å². The summed E-state index contributed by atoms with van der Waals surface area (Å²) in [6.45, 7) is 0.335. The molecule has 0 amide bonds. The molecule has 2 N–H and O–H groups in total. The minimum absolute atomic E-state index is 0.00997. The summed E-state index contributed by atoms with van der Waals surface area (Å²) < 4.78 is 5.47. The maximum atomic E-state index is 10.8. The Balaban J connectivity index is 2.28. The third-order valence-corrected chi connectivity index (χ3v) is 3.30. The third kappa shape index (κ3) is 4.63. The SMILES string of the molecule is COC(=O)CC(O)CNc1ccc(Br)s1. The second-order valence-electron chi connectivity index (χ2n) is 2.92. The van der Waals surface area contributed by atoms with Crippen LogP contribution in [0.1, 0.15) is 6.42 Å². The van der Waals surface area contributed by atoms with Crippen molar-refractivity contribution in [1.29, 1.82) is 0 Å². The van der Waals surface area contributed by atoms with Gasteiger partial charge in [-0.15, -0.1) is 11.3 Å². The number of methoxy groups -OCH3 is 1. The molecule has 1 heterocycles. The number of esters is 1. The van der Waals surface area contributed by atoms with E-state index < -0.39 is 12.1 Å². The number of carbonyl (C=O) groups excluding carboxylic acids is 1. The molecule has 0 aliphatic rings. The third-order valence-electron chi connectivity index (χ3n) is 1.72. The lowest BCUT2D eigenvalue weighted by Crippen LogP contribution is -2.23. The van der Waals surface area contributed by atoms with Crippen molar-refractivity contribution in [3.05, 3.63) is 15.9 Å². The van der Waals surface area contributed by atoms with Gasteiger partial charge in [-0.25, -0.2) is 0 Å². The normalized spacial score (nSPS) is 12.2. The molecule has 0 saturated heterocycles. The number of hydrogen-bond acceptors (Lipinski definition) is 5. The highest BCUT2D eigenvalue weighted by atomic mass is 79.9. The van der Waals surface area contributed by atoms with Crippen LogP contribution in [0.15, 0.2) is 15.9 Å². The van der Waals surface area contributed by atoms with Crippen molar-refractivity contribution in [1.82, 2.24) is 0 Å². The lowest BCUT2D eigenvalue weighted by molar-refractivity contribution is -0.142. The molecule has 0 aromatic carbocycles. The summed E-state index contributed by atoms with van der Waals surface area (Å²) in [6.07, 6.45) is -0.714. The highest BCUT2D eigenvalue weighted by molar-refractivity contribution is 9.11. The lowest BCUT2D eigenvalue weighted by atomic mass is 10.2. The summed E-state index contributed by atoms with van der Waals surface area (Å²) in [5, 5.41) is 13.4. The maximum absolute atomic E-state index is 10.8. The lowest BCUT2D eigenvalue weighted by Gasteiger charge is -2.09. The Hall–Kier alpha value is -0.590. The van der Waals surface area contributed by atoms with Crippen LogP contribution in [-0.2, 0) is 9.53 Å². The second-order valence-corrected chi connectivity index (χ2v) is 5.38. The molecule has 1 unspecified atom stereocenters. The van der Waals surface area contributed by atoms with Crippen LogP contribution in [0.4, 0.5) is 5.00 Å². The van der Waals surface area contributed by atoms with Gasteiger partial charge in [-0.3, -0.25) is 4.79 Å². The standard InChI is InChI=1S/C9H12BrNO3S/c1-14-9(13)4-6(12)5-11-8-3-2-7(10)15-8/h2-3,6,11-12H,4-5H2,1H3. The Bertz CT molecular complexity index is 329. The molecule has 0 aliphatic heterocycles. The minimum atomic E-state index is -0.724. The van der Waals surface area contributed by atoms with Gasteiger partial charge in [0.2, 0.25) is 0 Å². The molecular weight excluding hydrogens is 282 g/mol. The van der Waals surface area contributed by atoms with Crippen molar-refractivity contribution < 1.29 is 14.6 Å². The molecule has 1 aromatic heterocycles. The number of ether oxygens (including phenoxy) is 1. The molecule has 0 radical (unpaired) electrons. The summed E-state index contributed by atoms with van der Waals surface area (Å²) in [5.74, 6) is -0.406. The van der Waals surface area contributed by atoms with Gasteiger partial charge in [-0.1, -0.05) is 0 Å². The Morgan fingerprint density at radius 3 is 3.00 bits per heavy atom. The first-order chi connectivity index (χ1) is 7.11. The van der Waals surface area contributed by atoms with Gasteiger partial charge in [-0.05, 0) is 28.1 Å². The van der Waals surface area contributed by atoms with E-state index in [-0.39, 0.29) is 6.42 Å². The quantitative estimate of drug-likeness (QED) is 0.814. The van der Waals surface area contributed by atoms with Crippen molar-refractivity contribution in [3.63, 3.8) is 0 Å². The number of hydrogen-bond donors (Lipinski definition) is 2. The summed E-state index contributed by atoms with van der Waals surface area (Å²) in [7, 11) is 1.30. The molecule has 0 bridgehead atoms. The summed E-state index contributed by atoms with van der Waals surface area (Å²) in [5.41, 5.74) is 0. The maximum Gasteiger partial charge on any atom is 0.308 e. The number of anilines is 1. The number of aliphatic hydroxyl groups is 1. The average molecular weight is 294 g/mol. The van der Waals surface area contributed by atoms with Gasteiger partial charge in [0.25, 0.3) is 0 Å². The van der Waals surface area contributed by atoms with E-state index >= 15 is 0 Å². The predicted molar refractivity (Wildman–Crippen MR) is 63.1 cm³/mol. The largest absolute Gasteiger partial charge is 0.469 e. The van der Waals surface area contributed by atoms with Crippen molar-refractivity contribution in [2.75, 3.05) is 19.0 Å². The summed E-state index contributed by atoms with van der Waals surface area (Å²) in [6, 6.07) is 3.82. The first-order valence-corrected chi connectivity index (χ1v) is 5.97. The van der Waals surface area contributed by atoms with Crippen LogP contribution in [0, 0.1) is 0 Å². The van der Waals surface area contributed by atoms with Crippen molar-refractivity contribution in [3.8, 4) is 0 Å². The zero-order valence-corrected chi connectivity index (χ0v) is 10.6. The topological polar surface area (TPSA) is 58.6 Å². The number of aliphatic hydroxyl groups excluding tert-OH is 1.